The average Bonchev–Trinajstić information content (AvgIpc) is 2.31. The van der Waals surface area contributed by atoms with E-state index in [0.29, 0.717) is 12.1 Å². The molecule has 4 N–H and O–H groups in total. The fourth-order valence-electron chi connectivity index (χ4n) is 1.18. The fourth-order valence-corrected chi connectivity index (χ4v) is 1.40. The molecule has 1 unspecified atom stereocenters. The number of carboxylic acid groups (broad SMARTS) is 1. The van der Waals surface area contributed by atoms with Gasteiger partial charge in [-0.05, 0) is 31.5 Å². The van der Waals surface area contributed by atoms with Gasteiger partial charge >= 0.3 is 5.97 Å². The van der Waals surface area contributed by atoms with Crippen LogP contribution in [-0.2, 0) is 4.79 Å². The number of carboxylic acids is 1. The molecule has 0 fully saturated rings. The van der Waals surface area contributed by atoms with Crippen LogP contribution in [0.4, 0.5) is 5.69 Å². The molecule has 1 aromatic carbocycles. The number of rotatable bonds is 4. The smallest absolute Gasteiger partial charge is 0.335 e. The van der Waals surface area contributed by atoms with Crippen molar-refractivity contribution in [1.29, 1.82) is 0 Å². The van der Waals surface area contributed by atoms with Crippen LogP contribution in [0, 0.1) is 0 Å². The number of carbonyl (C=O) groups is 2. The molecule has 0 saturated heterocycles. The van der Waals surface area contributed by atoms with Gasteiger partial charge in [0.25, 0.3) is 0 Å². The molecule has 0 saturated carbocycles. The van der Waals surface area contributed by atoms with Crippen molar-refractivity contribution in [2.45, 2.75) is 25.8 Å². The second-order valence-electron chi connectivity index (χ2n) is 4.22. The summed E-state index contributed by atoms with van der Waals surface area (Å²) in [5.41, 5.74) is 5.20. The number of hydrogen-bond acceptors (Lipinski definition) is 3. The highest BCUT2D eigenvalue weighted by atomic mass is 35.5. The van der Waals surface area contributed by atoms with Gasteiger partial charge in [0.2, 0.25) is 5.91 Å². The minimum absolute atomic E-state index is 0.0593. The number of carbonyl (C=O) groups excluding carboxylic acids is 1. The SMILES string of the molecule is CCC(C)(N)C(=O)Nc1ccc(C(=O)O)cc1Cl. The molecule has 1 amide bonds. The maximum Gasteiger partial charge on any atom is 0.335 e. The topological polar surface area (TPSA) is 92.4 Å². The molecular weight excluding hydrogens is 256 g/mol. The Labute approximate surface area is 110 Å². The number of benzene rings is 1. The van der Waals surface area contributed by atoms with Crippen molar-refractivity contribution in [1.82, 2.24) is 0 Å². The molecular formula is C12H15ClN2O3. The summed E-state index contributed by atoms with van der Waals surface area (Å²) < 4.78 is 0. The molecule has 0 spiro atoms. The van der Waals surface area contributed by atoms with Gasteiger partial charge in [-0.3, -0.25) is 4.79 Å². The molecule has 0 aliphatic carbocycles. The Morgan fingerprint density at radius 3 is 2.56 bits per heavy atom. The van der Waals surface area contributed by atoms with Crippen LogP contribution in [0.1, 0.15) is 30.6 Å². The summed E-state index contributed by atoms with van der Waals surface area (Å²) in [5.74, 6) is -1.44. The van der Waals surface area contributed by atoms with Gasteiger partial charge in [0.05, 0.1) is 21.8 Å². The summed E-state index contributed by atoms with van der Waals surface area (Å²) in [7, 11) is 0. The van der Waals surface area contributed by atoms with Gasteiger partial charge in [0.15, 0.2) is 0 Å². The van der Waals surface area contributed by atoms with Gasteiger partial charge in [-0.1, -0.05) is 18.5 Å². The molecule has 0 heterocycles. The lowest BCUT2D eigenvalue weighted by Gasteiger charge is -2.21. The second kappa shape index (κ2) is 5.37. The molecule has 0 aromatic heterocycles. The summed E-state index contributed by atoms with van der Waals surface area (Å²) in [6.07, 6.45) is 0.476. The highest BCUT2D eigenvalue weighted by Gasteiger charge is 2.26. The van der Waals surface area contributed by atoms with E-state index in [1.54, 1.807) is 13.8 Å². The summed E-state index contributed by atoms with van der Waals surface area (Å²) in [6, 6.07) is 4.08. The summed E-state index contributed by atoms with van der Waals surface area (Å²) in [5, 5.41) is 11.5. The minimum Gasteiger partial charge on any atom is -0.478 e. The molecule has 6 heteroatoms. The number of anilines is 1. The fraction of sp³-hybridized carbons (Fsp3) is 0.333. The van der Waals surface area contributed by atoms with E-state index in [2.05, 4.69) is 5.32 Å². The zero-order chi connectivity index (χ0) is 13.9. The molecule has 1 aromatic rings. The molecule has 0 aliphatic heterocycles. The lowest BCUT2D eigenvalue weighted by molar-refractivity contribution is -0.120. The van der Waals surface area contributed by atoms with Crippen molar-refractivity contribution in [3.8, 4) is 0 Å². The molecule has 0 bridgehead atoms. The van der Waals surface area contributed by atoms with Gasteiger partial charge in [0, 0.05) is 0 Å². The molecule has 98 valence electrons. The Morgan fingerprint density at radius 1 is 1.50 bits per heavy atom. The van der Waals surface area contributed by atoms with E-state index in [0.717, 1.165) is 0 Å². The first kappa shape index (κ1) is 14.5. The Hall–Kier alpha value is -1.59. The van der Waals surface area contributed by atoms with Gasteiger partial charge in [-0.25, -0.2) is 4.79 Å². The monoisotopic (exact) mass is 270 g/mol. The minimum atomic E-state index is -1.08. The number of nitrogens with one attached hydrogen (secondary N) is 1. The van der Waals surface area contributed by atoms with Gasteiger partial charge in [-0.15, -0.1) is 0 Å². The molecule has 0 radical (unpaired) electrons. The third-order valence-electron chi connectivity index (χ3n) is 2.72. The summed E-state index contributed by atoms with van der Waals surface area (Å²) >= 11 is 5.89. The van der Waals surface area contributed by atoms with E-state index in [4.69, 9.17) is 22.4 Å². The van der Waals surface area contributed by atoms with Crippen LogP contribution in [0.25, 0.3) is 0 Å². The average molecular weight is 271 g/mol. The Bertz CT molecular complexity index is 486. The van der Waals surface area contributed by atoms with E-state index in [-0.39, 0.29) is 16.5 Å². The predicted octanol–water partition coefficient (Wildman–Crippen LogP) is 2.10. The van der Waals surface area contributed by atoms with Gasteiger partial charge < -0.3 is 16.2 Å². The zero-order valence-electron chi connectivity index (χ0n) is 10.2. The van der Waals surface area contributed by atoms with Crippen LogP contribution in [0.3, 0.4) is 0 Å². The third kappa shape index (κ3) is 3.21. The summed E-state index contributed by atoms with van der Waals surface area (Å²) in [4.78, 5) is 22.6. The molecule has 0 aliphatic rings. The number of aromatic carboxylic acids is 1. The van der Waals surface area contributed by atoms with Crippen LogP contribution in [-0.4, -0.2) is 22.5 Å². The van der Waals surface area contributed by atoms with E-state index >= 15 is 0 Å². The van der Waals surface area contributed by atoms with Crippen molar-refractivity contribution in [2.75, 3.05) is 5.32 Å². The Kier molecular flexibility index (Phi) is 4.32. The van der Waals surface area contributed by atoms with Crippen LogP contribution >= 0.6 is 11.6 Å². The highest BCUT2D eigenvalue weighted by molar-refractivity contribution is 6.34. The van der Waals surface area contributed by atoms with E-state index < -0.39 is 11.5 Å². The van der Waals surface area contributed by atoms with Crippen molar-refractivity contribution < 1.29 is 14.7 Å². The third-order valence-corrected chi connectivity index (χ3v) is 3.03. The number of amides is 1. The second-order valence-corrected chi connectivity index (χ2v) is 4.63. The molecule has 5 nitrogen and oxygen atoms in total. The largest absolute Gasteiger partial charge is 0.478 e. The first-order chi connectivity index (χ1) is 8.27. The molecule has 1 rings (SSSR count). The predicted molar refractivity (Wildman–Crippen MR) is 69.9 cm³/mol. The lowest BCUT2D eigenvalue weighted by Crippen LogP contribution is -2.47. The van der Waals surface area contributed by atoms with Crippen molar-refractivity contribution in [2.24, 2.45) is 5.73 Å². The number of hydrogen-bond donors (Lipinski definition) is 3. The van der Waals surface area contributed by atoms with Crippen LogP contribution in [0.15, 0.2) is 18.2 Å². The van der Waals surface area contributed by atoms with Crippen LogP contribution in [0.5, 0.6) is 0 Å². The van der Waals surface area contributed by atoms with E-state index in [9.17, 15) is 9.59 Å². The van der Waals surface area contributed by atoms with Gasteiger partial charge in [-0.2, -0.15) is 0 Å². The van der Waals surface area contributed by atoms with E-state index in [1.807, 2.05) is 0 Å². The number of halogens is 1. The van der Waals surface area contributed by atoms with Crippen LogP contribution < -0.4 is 11.1 Å². The van der Waals surface area contributed by atoms with Crippen molar-refractivity contribution in [3.63, 3.8) is 0 Å². The van der Waals surface area contributed by atoms with E-state index in [1.165, 1.54) is 18.2 Å². The summed E-state index contributed by atoms with van der Waals surface area (Å²) in [6.45, 7) is 3.41. The lowest BCUT2D eigenvalue weighted by atomic mass is 9.99. The maximum absolute atomic E-state index is 11.8. The molecule has 1 atom stereocenters. The molecule has 18 heavy (non-hydrogen) atoms. The normalized spacial score (nSPS) is 13.8. The maximum atomic E-state index is 11.8. The highest BCUT2D eigenvalue weighted by Crippen LogP contribution is 2.24. The standard InChI is InChI=1S/C12H15ClN2O3/c1-3-12(2,14)11(18)15-9-5-4-7(10(16)17)6-8(9)13/h4-6H,3,14H2,1-2H3,(H,15,18)(H,16,17). The van der Waals surface area contributed by atoms with Gasteiger partial charge in [0.1, 0.15) is 0 Å². The number of nitrogens with two attached hydrogens (primary N) is 1. The van der Waals surface area contributed by atoms with Crippen LogP contribution in [0.2, 0.25) is 5.02 Å². The Balaban J connectivity index is 2.93. The first-order valence-electron chi connectivity index (χ1n) is 5.41. The van der Waals surface area contributed by atoms with Crippen molar-refractivity contribution >= 4 is 29.2 Å². The zero-order valence-corrected chi connectivity index (χ0v) is 10.9. The van der Waals surface area contributed by atoms with Crippen molar-refractivity contribution in [3.05, 3.63) is 28.8 Å². The quantitative estimate of drug-likeness (QED) is 0.781. The first-order valence-corrected chi connectivity index (χ1v) is 5.79. The Morgan fingerprint density at radius 2 is 2.11 bits per heavy atom.